The van der Waals surface area contributed by atoms with Crippen LogP contribution in [-0.2, 0) is 15.7 Å². The maximum atomic E-state index is 12.8. The number of hydrogen-bond donors (Lipinski definition) is 2. The normalized spacial score (nSPS) is 16.3. The number of anilines is 1. The van der Waals surface area contributed by atoms with Crippen molar-refractivity contribution in [2.24, 2.45) is 0 Å². The number of halogens is 3. The lowest BCUT2D eigenvalue weighted by molar-refractivity contribution is -0.137. The van der Waals surface area contributed by atoms with Crippen molar-refractivity contribution < 1.29 is 27.5 Å². The number of benzene rings is 2. The highest BCUT2D eigenvalue weighted by Gasteiger charge is 2.30. The van der Waals surface area contributed by atoms with Gasteiger partial charge in [0.15, 0.2) is 0 Å². The van der Waals surface area contributed by atoms with E-state index in [1.54, 1.807) is 24.3 Å². The van der Waals surface area contributed by atoms with Crippen molar-refractivity contribution in [3.63, 3.8) is 0 Å². The summed E-state index contributed by atoms with van der Waals surface area (Å²) in [5.74, 6) is -0.837. The number of hydrogen-bond acceptors (Lipinski definition) is 4. The average molecular weight is 438 g/mol. The molecule has 2 aromatic rings. The van der Waals surface area contributed by atoms with Crippen LogP contribution >= 0.6 is 11.8 Å². The second-order valence-electron chi connectivity index (χ2n) is 6.75. The first kappa shape index (κ1) is 22.2. The molecule has 0 aliphatic carbocycles. The number of amides is 2. The molecule has 2 amide bonds. The summed E-state index contributed by atoms with van der Waals surface area (Å²) in [5.41, 5.74) is -0.105. The van der Waals surface area contributed by atoms with Crippen molar-refractivity contribution in [1.29, 1.82) is 0 Å². The van der Waals surface area contributed by atoms with Gasteiger partial charge in [0.1, 0.15) is 0 Å². The largest absolute Gasteiger partial charge is 0.416 e. The third kappa shape index (κ3) is 6.24. The van der Waals surface area contributed by atoms with Gasteiger partial charge in [-0.25, -0.2) is 0 Å². The van der Waals surface area contributed by atoms with E-state index in [1.165, 1.54) is 12.1 Å². The number of carbonyl (C=O) groups is 2. The van der Waals surface area contributed by atoms with Crippen molar-refractivity contribution in [2.45, 2.75) is 30.0 Å². The van der Waals surface area contributed by atoms with Crippen LogP contribution in [0.5, 0.6) is 0 Å². The van der Waals surface area contributed by atoms with Crippen LogP contribution in [0.3, 0.4) is 0 Å². The average Bonchev–Trinajstić information content (AvgIpc) is 3.24. The van der Waals surface area contributed by atoms with E-state index in [0.717, 1.165) is 36.7 Å². The fourth-order valence-electron chi connectivity index (χ4n) is 2.99. The molecule has 1 heterocycles. The molecule has 0 aromatic heterocycles. The SMILES string of the molecule is O=C(CSc1cccc(C(F)(F)F)c1)Nc1ccccc1C(=O)NCC1CCCO1. The third-order valence-electron chi connectivity index (χ3n) is 4.49. The van der Waals surface area contributed by atoms with Gasteiger partial charge in [0.2, 0.25) is 5.91 Å². The van der Waals surface area contributed by atoms with E-state index in [9.17, 15) is 22.8 Å². The zero-order valence-electron chi connectivity index (χ0n) is 16.0. The van der Waals surface area contributed by atoms with Gasteiger partial charge in [-0.1, -0.05) is 18.2 Å². The monoisotopic (exact) mass is 438 g/mol. The van der Waals surface area contributed by atoms with Gasteiger partial charge in [-0.3, -0.25) is 9.59 Å². The van der Waals surface area contributed by atoms with Crippen LogP contribution in [0, 0.1) is 0 Å². The van der Waals surface area contributed by atoms with Gasteiger partial charge in [0.05, 0.1) is 28.7 Å². The van der Waals surface area contributed by atoms with Crippen LogP contribution in [0.4, 0.5) is 18.9 Å². The Morgan fingerprint density at radius 3 is 2.67 bits per heavy atom. The first-order valence-electron chi connectivity index (χ1n) is 9.41. The molecule has 1 saturated heterocycles. The minimum atomic E-state index is -4.44. The Kier molecular flexibility index (Phi) is 7.38. The van der Waals surface area contributed by atoms with Crippen LogP contribution in [-0.4, -0.2) is 36.8 Å². The van der Waals surface area contributed by atoms with Gasteiger partial charge >= 0.3 is 6.18 Å². The van der Waals surface area contributed by atoms with E-state index in [2.05, 4.69) is 10.6 Å². The zero-order valence-corrected chi connectivity index (χ0v) is 16.8. The molecule has 1 aliphatic heterocycles. The van der Waals surface area contributed by atoms with Gasteiger partial charge < -0.3 is 15.4 Å². The maximum absolute atomic E-state index is 12.8. The predicted octanol–water partition coefficient (Wildman–Crippen LogP) is 4.35. The highest BCUT2D eigenvalue weighted by molar-refractivity contribution is 8.00. The molecule has 9 heteroatoms. The van der Waals surface area contributed by atoms with E-state index in [-0.39, 0.29) is 17.8 Å². The quantitative estimate of drug-likeness (QED) is 0.631. The highest BCUT2D eigenvalue weighted by Crippen LogP contribution is 2.32. The molecule has 2 aromatic carbocycles. The smallest absolute Gasteiger partial charge is 0.376 e. The summed E-state index contributed by atoms with van der Waals surface area (Å²) in [4.78, 5) is 25.1. The standard InChI is InChI=1S/C21H21F3N2O3S/c22-21(23,24)14-5-3-7-16(11-14)30-13-19(27)26-18-9-2-1-8-17(18)20(28)25-12-15-6-4-10-29-15/h1-3,5,7-9,11,15H,4,6,10,12-13H2,(H,25,28)(H,26,27). The van der Waals surface area contributed by atoms with Crippen molar-refractivity contribution in [1.82, 2.24) is 5.32 Å². The van der Waals surface area contributed by atoms with E-state index >= 15 is 0 Å². The molecular weight excluding hydrogens is 417 g/mol. The molecule has 2 N–H and O–H groups in total. The minimum absolute atomic E-state index is 0.000403. The Hall–Kier alpha value is -2.52. The van der Waals surface area contributed by atoms with Crippen molar-refractivity contribution in [2.75, 3.05) is 24.2 Å². The Labute approximate surface area is 176 Å². The summed E-state index contributed by atoms with van der Waals surface area (Å²) >= 11 is 0.990. The van der Waals surface area contributed by atoms with E-state index in [1.807, 2.05) is 0 Å². The van der Waals surface area contributed by atoms with Crippen molar-refractivity contribution in [3.8, 4) is 0 Å². The van der Waals surface area contributed by atoms with E-state index < -0.39 is 17.6 Å². The molecule has 1 unspecified atom stereocenters. The summed E-state index contributed by atoms with van der Waals surface area (Å²) in [6.07, 6.45) is -2.57. The van der Waals surface area contributed by atoms with E-state index in [4.69, 9.17) is 4.74 Å². The lowest BCUT2D eigenvalue weighted by atomic mass is 10.1. The second-order valence-corrected chi connectivity index (χ2v) is 7.80. The van der Waals surface area contributed by atoms with Gasteiger partial charge in [0.25, 0.3) is 5.91 Å². The topological polar surface area (TPSA) is 67.4 Å². The number of ether oxygens (including phenoxy) is 1. The van der Waals surface area contributed by atoms with Crippen molar-refractivity contribution >= 4 is 29.3 Å². The number of alkyl halides is 3. The fraction of sp³-hybridized carbons (Fsp3) is 0.333. The van der Waals surface area contributed by atoms with Crippen LogP contribution < -0.4 is 10.6 Å². The molecule has 1 aliphatic rings. The number of rotatable bonds is 7. The Balaban J connectivity index is 1.57. The molecular formula is C21H21F3N2O3S. The van der Waals surface area contributed by atoms with Gasteiger partial charge in [0, 0.05) is 18.0 Å². The molecule has 0 saturated carbocycles. The Morgan fingerprint density at radius 1 is 1.13 bits per heavy atom. The highest BCUT2D eigenvalue weighted by atomic mass is 32.2. The first-order chi connectivity index (χ1) is 14.3. The predicted molar refractivity (Wildman–Crippen MR) is 109 cm³/mol. The minimum Gasteiger partial charge on any atom is -0.376 e. The molecule has 30 heavy (non-hydrogen) atoms. The van der Waals surface area contributed by atoms with Crippen LogP contribution in [0.25, 0.3) is 0 Å². The lowest BCUT2D eigenvalue weighted by Gasteiger charge is -2.14. The summed E-state index contributed by atoms with van der Waals surface area (Å²) in [5, 5.41) is 5.47. The molecule has 0 bridgehead atoms. The third-order valence-corrected chi connectivity index (χ3v) is 5.49. The van der Waals surface area contributed by atoms with Gasteiger partial charge in [-0.2, -0.15) is 13.2 Å². The summed E-state index contributed by atoms with van der Waals surface area (Å²) in [7, 11) is 0. The Morgan fingerprint density at radius 2 is 1.93 bits per heavy atom. The number of carbonyl (C=O) groups excluding carboxylic acids is 2. The van der Waals surface area contributed by atoms with Crippen LogP contribution in [0.2, 0.25) is 0 Å². The molecule has 1 fully saturated rings. The first-order valence-corrected chi connectivity index (χ1v) is 10.4. The van der Waals surface area contributed by atoms with Crippen LogP contribution in [0.1, 0.15) is 28.8 Å². The van der Waals surface area contributed by atoms with Gasteiger partial charge in [-0.05, 0) is 43.2 Å². The van der Waals surface area contributed by atoms with Crippen LogP contribution in [0.15, 0.2) is 53.4 Å². The number of nitrogens with one attached hydrogen (secondary N) is 2. The van der Waals surface area contributed by atoms with E-state index in [0.29, 0.717) is 29.3 Å². The molecule has 3 rings (SSSR count). The molecule has 1 atom stereocenters. The summed E-state index contributed by atoms with van der Waals surface area (Å²) in [6, 6.07) is 11.4. The molecule has 160 valence electrons. The lowest BCUT2D eigenvalue weighted by Crippen LogP contribution is -2.32. The molecule has 0 radical (unpaired) electrons. The van der Waals surface area contributed by atoms with Crippen molar-refractivity contribution in [3.05, 3.63) is 59.7 Å². The number of para-hydroxylation sites is 1. The Bertz CT molecular complexity index is 899. The van der Waals surface area contributed by atoms with Gasteiger partial charge in [-0.15, -0.1) is 11.8 Å². The summed E-state index contributed by atoms with van der Waals surface area (Å²) < 4.78 is 43.9. The molecule has 5 nitrogen and oxygen atoms in total. The fourth-order valence-corrected chi connectivity index (χ4v) is 3.75. The second kappa shape index (κ2) is 9.99. The maximum Gasteiger partial charge on any atom is 0.416 e. The zero-order chi connectivity index (χ0) is 21.6. The number of thioether (sulfide) groups is 1. The molecule has 0 spiro atoms. The summed E-state index contributed by atoms with van der Waals surface area (Å²) in [6.45, 7) is 1.09.